The fourth-order valence-corrected chi connectivity index (χ4v) is 1.40. The van der Waals surface area contributed by atoms with Crippen LogP contribution in [0.3, 0.4) is 0 Å². The van der Waals surface area contributed by atoms with Gasteiger partial charge in [0.05, 0.1) is 0 Å². The summed E-state index contributed by atoms with van der Waals surface area (Å²) in [7, 11) is 0. The molecule has 0 unspecified atom stereocenters. The number of nitrogens with one attached hydrogen (secondary N) is 2. The van der Waals surface area contributed by atoms with Crippen LogP contribution in [0.1, 0.15) is 46.5 Å². The van der Waals surface area contributed by atoms with E-state index in [1.165, 1.54) is 5.57 Å². The lowest BCUT2D eigenvalue weighted by Gasteiger charge is -2.02. The lowest BCUT2D eigenvalue weighted by molar-refractivity contribution is 0.824. The maximum Gasteiger partial charge on any atom is 0.0313 e. The molecular formula is C15H26N2. The Hall–Kier alpha value is -1.31. The number of hydrogen-bond acceptors (Lipinski definition) is 2. The quantitative estimate of drug-likeness (QED) is 0.350. The molecule has 2 N–H and O–H groups in total. The molecule has 0 rings (SSSR count). The number of allylic oxidation sites excluding steroid dienone is 4. The SMILES string of the molecule is CC/C=C/C=C/NCC/C(C)=C\C(=N)CCC. The normalized spacial score (nSPS) is 12.5. The van der Waals surface area contributed by atoms with E-state index in [9.17, 15) is 0 Å². The third-order valence-electron chi connectivity index (χ3n) is 2.30. The first-order chi connectivity index (χ1) is 8.20. The van der Waals surface area contributed by atoms with Crippen molar-refractivity contribution in [2.45, 2.75) is 46.5 Å². The van der Waals surface area contributed by atoms with Gasteiger partial charge < -0.3 is 10.7 Å². The topological polar surface area (TPSA) is 35.9 Å². The van der Waals surface area contributed by atoms with Gasteiger partial charge in [0.25, 0.3) is 0 Å². The van der Waals surface area contributed by atoms with Crippen LogP contribution in [0.25, 0.3) is 0 Å². The lowest BCUT2D eigenvalue weighted by Crippen LogP contribution is -2.07. The van der Waals surface area contributed by atoms with Crippen LogP contribution in [0.15, 0.2) is 36.1 Å². The molecule has 96 valence electrons. The summed E-state index contributed by atoms with van der Waals surface area (Å²) >= 11 is 0. The Labute approximate surface area is 106 Å². The maximum absolute atomic E-state index is 7.69. The Bertz CT molecular complexity index is 285. The molecule has 0 fully saturated rings. The zero-order valence-electron chi connectivity index (χ0n) is 11.4. The largest absolute Gasteiger partial charge is 0.391 e. The fourth-order valence-electron chi connectivity index (χ4n) is 1.40. The molecule has 0 aromatic heterocycles. The van der Waals surface area contributed by atoms with Crippen molar-refractivity contribution in [1.82, 2.24) is 5.32 Å². The van der Waals surface area contributed by atoms with Crippen molar-refractivity contribution in [3.63, 3.8) is 0 Å². The molecule has 17 heavy (non-hydrogen) atoms. The molecule has 0 aromatic carbocycles. The molecule has 0 bridgehead atoms. The number of rotatable bonds is 9. The van der Waals surface area contributed by atoms with Crippen molar-refractivity contribution in [3.05, 3.63) is 36.1 Å². The molecule has 0 aliphatic rings. The van der Waals surface area contributed by atoms with Crippen LogP contribution in [0.5, 0.6) is 0 Å². The molecule has 2 heteroatoms. The molecule has 0 atom stereocenters. The smallest absolute Gasteiger partial charge is 0.0313 e. The van der Waals surface area contributed by atoms with Crippen LogP contribution in [-0.4, -0.2) is 12.3 Å². The van der Waals surface area contributed by atoms with Gasteiger partial charge in [-0.1, -0.05) is 38.0 Å². The second kappa shape index (κ2) is 11.2. The molecule has 0 aliphatic heterocycles. The first-order valence-corrected chi connectivity index (χ1v) is 6.50. The molecular weight excluding hydrogens is 208 g/mol. The van der Waals surface area contributed by atoms with Crippen molar-refractivity contribution < 1.29 is 0 Å². The van der Waals surface area contributed by atoms with Crippen LogP contribution in [0.2, 0.25) is 0 Å². The molecule has 0 spiro atoms. The van der Waals surface area contributed by atoms with E-state index < -0.39 is 0 Å². The van der Waals surface area contributed by atoms with Gasteiger partial charge in [-0.15, -0.1) is 0 Å². The number of hydrogen-bond donors (Lipinski definition) is 2. The summed E-state index contributed by atoms with van der Waals surface area (Å²) in [5, 5.41) is 10.9. The van der Waals surface area contributed by atoms with Gasteiger partial charge in [0.2, 0.25) is 0 Å². The summed E-state index contributed by atoms with van der Waals surface area (Å²) in [6.45, 7) is 7.25. The van der Waals surface area contributed by atoms with Crippen molar-refractivity contribution in [2.24, 2.45) is 0 Å². The standard InChI is InChI=1S/C15H26N2/c1-4-6-7-8-11-17-12-10-14(3)13-15(16)9-5-2/h6-8,11,13,16-17H,4-5,9-10,12H2,1-3H3/b7-6+,11-8+,14-13-,16-15?. The van der Waals surface area contributed by atoms with Gasteiger partial charge in [0.15, 0.2) is 0 Å². The van der Waals surface area contributed by atoms with Crippen LogP contribution in [0, 0.1) is 5.41 Å². The molecule has 0 saturated heterocycles. The molecule has 0 heterocycles. The highest BCUT2D eigenvalue weighted by Crippen LogP contribution is 2.01. The highest BCUT2D eigenvalue weighted by atomic mass is 14.8. The van der Waals surface area contributed by atoms with Gasteiger partial charge in [0.1, 0.15) is 0 Å². The molecule has 0 aliphatic carbocycles. The molecule has 0 saturated carbocycles. The Morgan fingerprint density at radius 2 is 1.94 bits per heavy atom. The summed E-state index contributed by atoms with van der Waals surface area (Å²) in [5.41, 5.74) is 2.01. The van der Waals surface area contributed by atoms with E-state index in [-0.39, 0.29) is 0 Å². The zero-order chi connectivity index (χ0) is 12.9. The highest BCUT2D eigenvalue weighted by molar-refractivity contribution is 5.92. The maximum atomic E-state index is 7.69. The second-order valence-corrected chi connectivity index (χ2v) is 4.17. The van der Waals surface area contributed by atoms with Crippen LogP contribution in [0.4, 0.5) is 0 Å². The van der Waals surface area contributed by atoms with E-state index in [4.69, 9.17) is 5.41 Å². The predicted molar refractivity (Wildman–Crippen MR) is 77.6 cm³/mol. The third-order valence-corrected chi connectivity index (χ3v) is 2.30. The fraction of sp³-hybridized carbons (Fsp3) is 0.533. The molecule has 0 amide bonds. The van der Waals surface area contributed by atoms with Gasteiger partial charge in [-0.2, -0.15) is 0 Å². The van der Waals surface area contributed by atoms with Crippen molar-refractivity contribution >= 4 is 5.71 Å². The minimum Gasteiger partial charge on any atom is -0.391 e. The van der Waals surface area contributed by atoms with Crippen LogP contribution < -0.4 is 5.32 Å². The zero-order valence-corrected chi connectivity index (χ0v) is 11.4. The van der Waals surface area contributed by atoms with E-state index in [1.807, 2.05) is 24.4 Å². The summed E-state index contributed by atoms with van der Waals surface area (Å²) in [5.74, 6) is 0. The first kappa shape index (κ1) is 15.7. The van der Waals surface area contributed by atoms with Gasteiger partial charge >= 0.3 is 0 Å². The van der Waals surface area contributed by atoms with E-state index in [0.29, 0.717) is 0 Å². The predicted octanol–water partition coefficient (Wildman–Crippen LogP) is 4.21. The average Bonchev–Trinajstić information content (AvgIpc) is 2.28. The molecule has 0 radical (unpaired) electrons. The van der Waals surface area contributed by atoms with Gasteiger partial charge in [-0.3, -0.25) is 0 Å². The Kier molecular flexibility index (Phi) is 10.3. The van der Waals surface area contributed by atoms with Crippen molar-refractivity contribution in [1.29, 1.82) is 5.41 Å². The Morgan fingerprint density at radius 1 is 1.18 bits per heavy atom. The minimum absolute atomic E-state index is 0.742. The Balaban J connectivity index is 3.70. The third kappa shape index (κ3) is 11.0. The molecule has 2 nitrogen and oxygen atoms in total. The van der Waals surface area contributed by atoms with Crippen LogP contribution >= 0.6 is 0 Å². The van der Waals surface area contributed by atoms with Gasteiger partial charge in [-0.25, -0.2) is 0 Å². The minimum atomic E-state index is 0.742. The van der Waals surface area contributed by atoms with Crippen molar-refractivity contribution in [2.75, 3.05) is 6.54 Å². The van der Waals surface area contributed by atoms with Gasteiger partial charge in [0, 0.05) is 12.3 Å². The summed E-state index contributed by atoms with van der Waals surface area (Å²) in [4.78, 5) is 0. The summed E-state index contributed by atoms with van der Waals surface area (Å²) in [6.07, 6.45) is 14.1. The van der Waals surface area contributed by atoms with E-state index in [2.05, 4.69) is 32.2 Å². The average molecular weight is 234 g/mol. The highest BCUT2D eigenvalue weighted by Gasteiger charge is 1.93. The van der Waals surface area contributed by atoms with E-state index in [0.717, 1.165) is 37.9 Å². The van der Waals surface area contributed by atoms with E-state index in [1.54, 1.807) is 0 Å². The van der Waals surface area contributed by atoms with Crippen LogP contribution in [-0.2, 0) is 0 Å². The van der Waals surface area contributed by atoms with Gasteiger partial charge in [-0.05, 0) is 44.5 Å². The second-order valence-electron chi connectivity index (χ2n) is 4.17. The summed E-state index contributed by atoms with van der Waals surface area (Å²) < 4.78 is 0. The molecule has 0 aromatic rings. The lowest BCUT2D eigenvalue weighted by atomic mass is 10.1. The monoisotopic (exact) mass is 234 g/mol. The van der Waals surface area contributed by atoms with Crippen molar-refractivity contribution in [3.8, 4) is 0 Å². The Morgan fingerprint density at radius 3 is 2.59 bits per heavy atom. The summed E-state index contributed by atoms with van der Waals surface area (Å²) in [6, 6.07) is 0. The van der Waals surface area contributed by atoms with E-state index >= 15 is 0 Å². The first-order valence-electron chi connectivity index (χ1n) is 6.50.